The quantitative estimate of drug-likeness (QED) is 0.770. The molecule has 1 aliphatic heterocycles. The second-order valence-electron chi connectivity index (χ2n) is 7.18. The van der Waals surface area contributed by atoms with Crippen LogP contribution in [0.4, 0.5) is 0 Å². The van der Waals surface area contributed by atoms with Gasteiger partial charge >= 0.3 is 0 Å². The summed E-state index contributed by atoms with van der Waals surface area (Å²) in [7, 11) is 0. The molecule has 7 nitrogen and oxygen atoms in total. The SMILES string of the molecule is Cc1c(C(=O)N2CCC[C@@H]([C@H](C)O)C2)nnn1-c1cccc2ncccc12. The van der Waals surface area contributed by atoms with Gasteiger partial charge < -0.3 is 10.0 Å². The van der Waals surface area contributed by atoms with Gasteiger partial charge in [-0.25, -0.2) is 4.68 Å². The van der Waals surface area contributed by atoms with E-state index < -0.39 is 6.10 Å². The second-order valence-corrected chi connectivity index (χ2v) is 7.18. The topological polar surface area (TPSA) is 84.1 Å². The molecule has 1 fully saturated rings. The maximum atomic E-state index is 13.0. The molecule has 0 aliphatic carbocycles. The first-order chi connectivity index (χ1) is 13.1. The molecule has 2 aromatic heterocycles. The molecule has 140 valence electrons. The summed E-state index contributed by atoms with van der Waals surface area (Å²) in [5, 5.41) is 19.3. The number of rotatable bonds is 3. The third-order valence-electron chi connectivity index (χ3n) is 5.38. The zero-order valence-corrected chi connectivity index (χ0v) is 15.5. The van der Waals surface area contributed by atoms with Gasteiger partial charge in [0.15, 0.2) is 5.69 Å². The molecular formula is C20H23N5O2. The van der Waals surface area contributed by atoms with Crippen molar-refractivity contribution in [3.8, 4) is 5.69 Å². The molecule has 1 N–H and O–H groups in total. The molecule has 1 aliphatic rings. The van der Waals surface area contributed by atoms with Crippen LogP contribution < -0.4 is 0 Å². The van der Waals surface area contributed by atoms with Crippen molar-refractivity contribution in [2.24, 2.45) is 5.92 Å². The fraction of sp³-hybridized carbons (Fsp3) is 0.400. The van der Waals surface area contributed by atoms with Crippen LogP contribution in [0.5, 0.6) is 0 Å². The Morgan fingerprint density at radius 2 is 2.15 bits per heavy atom. The Labute approximate surface area is 157 Å². The van der Waals surface area contributed by atoms with E-state index in [1.165, 1.54) is 0 Å². The van der Waals surface area contributed by atoms with Gasteiger partial charge in [0.2, 0.25) is 0 Å². The van der Waals surface area contributed by atoms with Crippen LogP contribution in [0.1, 0.15) is 35.9 Å². The Hall–Kier alpha value is -2.80. The molecule has 0 spiro atoms. The molecule has 4 rings (SSSR count). The molecule has 1 aromatic carbocycles. The molecule has 0 bridgehead atoms. The van der Waals surface area contributed by atoms with E-state index in [-0.39, 0.29) is 11.8 Å². The molecule has 3 aromatic rings. The number of carbonyl (C=O) groups is 1. The highest BCUT2D eigenvalue weighted by molar-refractivity contribution is 5.94. The highest BCUT2D eigenvalue weighted by Crippen LogP contribution is 2.24. The standard InChI is InChI=1S/C20H23N5O2/c1-13-19(20(27)24-11-5-6-15(12-24)14(2)26)22-23-25(13)18-9-3-8-17-16(18)7-4-10-21-17/h3-4,7-10,14-15,26H,5-6,11-12H2,1-2H3/t14-,15+/m0/s1. The van der Waals surface area contributed by atoms with Crippen molar-refractivity contribution in [2.45, 2.75) is 32.8 Å². The maximum Gasteiger partial charge on any atom is 0.276 e. The maximum absolute atomic E-state index is 13.0. The summed E-state index contributed by atoms with van der Waals surface area (Å²) in [5.74, 6) is -0.00958. The first-order valence-corrected chi connectivity index (χ1v) is 9.30. The Kier molecular flexibility index (Phi) is 4.61. The summed E-state index contributed by atoms with van der Waals surface area (Å²) in [6.07, 6.45) is 3.17. The fourth-order valence-corrected chi connectivity index (χ4v) is 3.77. The summed E-state index contributed by atoms with van der Waals surface area (Å²) in [6.45, 7) is 4.89. The van der Waals surface area contributed by atoms with Gasteiger partial charge in [0.25, 0.3) is 5.91 Å². The minimum atomic E-state index is -0.416. The summed E-state index contributed by atoms with van der Waals surface area (Å²) < 4.78 is 1.70. The number of aromatic nitrogens is 4. The van der Waals surface area contributed by atoms with Crippen LogP contribution in [-0.2, 0) is 0 Å². The van der Waals surface area contributed by atoms with Crippen LogP contribution in [0.25, 0.3) is 16.6 Å². The van der Waals surface area contributed by atoms with Gasteiger partial charge in [0, 0.05) is 30.6 Å². The van der Waals surface area contributed by atoms with Crippen molar-refractivity contribution in [1.29, 1.82) is 0 Å². The molecule has 0 unspecified atom stereocenters. The monoisotopic (exact) mass is 365 g/mol. The summed E-state index contributed by atoms with van der Waals surface area (Å²) in [5.41, 5.74) is 2.79. The Morgan fingerprint density at radius 1 is 1.30 bits per heavy atom. The lowest BCUT2D eigenvalue weighted by Gasteiger charge is -2.33. The average molecular weight is 365 g/mol. The molecule has 7 heteroatoms. The van der Waals surface area contributed by atoms with E-state index in [1.807, 2.05) is 37.3 Å². The normalized spacial score (nSPS) is 18.6. The minimum Gasteiger partial charge on any atom is -0.393 e. The smallest absolute Gasteiger partial charge is 0.276 e. The summed E-state index contributed by atoms with van der Waals surface area (Å²) >= 11 is 0. The van der Waals surface area contributed by atoms with E-state index in [1.54, 1.807) is 22.7 Å². The van der Waals surface area contributed by atoms with Gasteiger partial charge in [-0.15, -0.1) is 5.10 Å². The zero-order chi connectivity index (χ0) is 19.0. The van der Waals surface area contributed by atoms with Gasteiger partial charge in [0.1, 0.15) is 0 Å². The fourth-order valence-electron chi connectivity index (χ4n) is 3.77. The summed E-state index contributed by atoms with van der Waals surface area (Å²) in [4.78, 5) is 19.2. The Morgan fingerprint density at radius 3 is 2.96 bits per heavy atom. The van der Waals surface area contributed by atoms with E-state index in [0.29, 0.717) is 24.5 Å². The van der Waals surface area contributed by atoms with E-state index in [0.717, 1.165) is 29.4 Å². The van der Waals surface area contributed by atoms with Crippen molar-refractivity contribution in [3.05, 3.63) is 47.9 Å². The number of aliphatic hydroxyl groups excluding tert-OH is 1. The first kappa shape index (κ1) is 17.6. The van der Waals surface area contributed by atoms with Crippen molar-refractivity contribution in [3.63, 3.8) is 0 Å². The lowest BCUT2D eigenvalue weighted by Crippen LogP contribution is -2.43. The van der Waals surface area contributed by atoms with Crippen LogP contribution in [0, 0.1) is 12.8 Å². The molecule has 0 radical (unpaired) electrons. The van der Waals surface area contributed by atoms with Crippen molar-refractivity contribution in [1.82, 2.24) is 24.9 Å². The molecular weight excluding hydrogens is 342 g/mol. The molecule has 1 saturated heterocycles. The Bertz CT molecular complexity index is 976. The van der Waals surface area contributed by atoms with Crippen molar-refractivity contribution >= 4 is 16.8 Å². The number of carbonyl (C=O) groups excluding carboxylic acids is 1. The van der Waals surface area contributed by atoms with Gasteiger partial charge in [-0.2, -0.15) is 0 Å². The summed E-state index contributed by atoms with van der Waals surface area (Å²) in [6, 6.07) is 9.68. The van der Waals surface area contributed by atoms with E-state index in [2.05, 4.69) is 15.3 Å². The number of piperidine rings is 1. The predicted octanol–water partition coefficient (Wildman–Crippen LogP) is 2.36. The van der Waals surface area contributed by atoms with Gasteiger partial charge in [-0.05, 0) is 51.0 Å². The van der Waals surface area contributed by atoms with Gasteiger partial charge in [-0.1, -0.05) is 11.3 Å². The second kappa shape index (κ2) is 7.08. The van der Waals surface area contributed by atoms with E-state index in [4.69, 9.17) is 0 Å². The molecule has 1 amide bonds. The zero-order valence-electron chi connectivity index (χ0n) is 15.5. The van der Waals surface area contributed by atoms with Crippen molar-refractivity contribution < 1.29 is 9.90 Å². The number of aliphatic hydroxyl groups is 1. The van der Waals surface area contributed by atoms with Crippen molar-refractivity contribution in [2.75, 3.05) is 13.1 Å². The highest BCUT2D eigenvalue weighted by Gasteiger charge is 2.30. The average Bonchev–Trinajstić information content (AvgIpc) is 3.08. The lowest BCUT2D eigenvalue weighted by molar-refractivity contribution is 0.0461. The Balaban J connectivity index is 1.67. The van der Waals surface area contributed by atoms with Gasteiger partial charge in [0.05, 0.1) is 23.0 Å². The number of amides is 1. The number of hydrogen-bond acceptors (Lipinski definition) is 5. The number of pyridine rings is 1. The van der Waals surface area contributed by atoms with E-state index in [9.17, 15) is 9.90 Å². The number of likely N-dealkylation sites (tertiary alicyclic amines) is 1. The van der Waals surface area contributed by atoms with Crippen LogP contribution in [0.15, 0.2) is 36.5 Å². The largest absolute Gasteiger partial charge is 0.393 e. The number of benzene rings is 1. The number of fused-ring (bicyclic) bond motifs is 1. The van der Waals surface area contributed by atoms with Gasteiger partial charge in [-0.3, -0.25) is 9.78 Å². The van der Waals surface area contributed by atoms with Crippen LogP contribution >= 0.6 is 0 Å². The molecule has 27 heavy (non-hydrogen) atoms. The first-order valence-electron chi connectivity index (χ1n) is 9.30. The van der Waals surface area contributed by atoms with Crippen LogP contribution in [0.3, 0.4) is 0 Å². The third-order valence-corrected chi connectivity index (χ3v) is 5.38. The molecule has 2 atom stereocenters. The molecule has 0 saturated carbocycles. The van der Waals surface area contributed by atoms with Crippen LogP contribution in [-0.4, -0.2) is 55.1 Å². The third kappa shape index (κ3) is 3.19. The van der Waals surface area contributed by atoms with Crippen LogP contribution in [0.2, 0.25) is 0 Å². The molecule has 3 heterocycles. The minimum absolute atomic E-state index is 0.113. The van der Waals surface area contributed by atoms with E-state index >= 15 is 0 Å². The highest BCUT2D eigenvalue weighted by atomic mass is 16.3. The lowest BCUT2D eigenvalue weighted by atomic mass is 9.93. The predicted molar refractivity (Wildman–Crippen MR) is 102 cm³/mol. The number of hydrogen-bond donors (Lipinski definition) is 1. The number of nitrogens with zero attached hydrogens (tertiary/aromatic N) is 5.